The zero-order valence-electron chi connectivity index (χ0n) is 9.42. The number of nitrogens with one attached hydrogen (secondary N) is 1. The molecule has 0 bridgehead atoms. The summed E-state index contributed by atoms with van der Waals surface area (Å²) in [6.07, 6.45) is 7.81. The first-order valence-corrected chi connectivity index (χ1v) is 7.08. The van der Waals surface area contributed by atoms with Gasteiger partial charge in [0.05, 0.1) is 6.10 Å². The molecule has 2 atom stereocenters. The van der Waals surface area contributed by atoms with Gasteiger partial charge in [-0.15, -0.1) is 0 Å². The first kappa shape index (κ1) is 12.3. The van der Waals surface area contributed by atoms with E-state index in [2.05, 4.69) is 18.5 Å². The average Bonchev–Trinajstić information content (AvgIpc) is 2.58. The Kier molecular flexibility index (Phi) is 6.65. The van der Waals surface area contributed by atoms with E-state index in [0.29, 0.717) is 12.1 Å². The number of unbranched alkanes of at least 4 members (excludes halogenated alkanes) is 2. The quantitative estimate of drug-likeness (QED) is 0.661. The first-order chi connectivity index (χ1) is 6.84. The third-order valence-corrected chi connectivity index (χ3v) is 3.50. The molecule has 2 unspecified atom stereocenters. The monoisotopic (exact) mass is 217 g/mol. The van der Waals surface area contributed by atoms with Gasteiger partial charge >= 0.3 is 0 Å². The molecule has 2 nitrogen and oxygen atoms in total. The largest absolute Gasteiger partial charge is 0.377 e. The number of rotatable bonds is 7. The summed E-state index contributed by atoms with van der Waals surface area (Å²) >= 11 is 1.94. The van der Waals surface area contributed by atoms with Crippen molar-refractivity contribution < 1.29 is 4.74 Å². The second-order valence-corrected chi connectivity index (χ2v) is 4.96. The summed E-state index contributed by atoms with van der Waals surface area (Å²) in [5.74, 6) is 1.31. The summed E-state index contributed by atoms with van der Waals surface area (Å²) < 4.78 is 5.50. The van der Waals surface area contributed by atoms with Gasteiger partial charge in [0, 0.05) is 12.6 Å². The normalized spacial score (nSPS) is 27.0. The SMILES string of the molecule is CSCCCCCNC1CCOC1C. The average molecular weight is 217 g/mol. The predicted molar refractivity (Wildman–Crippen MR) is 64.1 cm³/mol. The molecule has 0 aliphatic carbocycles. The Balaban J connectivity index is 1.88. The van der Waals surface area contributed by atoms with Crippen molar-refractivity contribution in [3.8, 4) is 0 Å². The van der Waals surface area contributed by atoms with Gasteiger partial charge < -0.3 is 10.1 Å². The van der Waals surface area contributed by atoms with E-state index in [1.54, 1.807) is 0 Å². The third-order valence-electron chi connectivity index (χ3n) is 2.81. The minimum atomic E-state index is 0.418. The van der Waals surface area contributed by atoms with Crippen molar-refractivity contribution in [2.24, 2.45) is 0 Å². The summed E-state index contributed by atoms with van der Waals surface area (Å²) in [5, 5.41) is 3.58. The molecule has 0 amide bonds. The van der Waals surface area contributed by atoms with Crippen LogP contribution in [0.15, 0.2) is 0 Å². The second kappa shape index (κ2) is 7.55. The molecule has 1 heterocycles. The van der Waals surface area contributed by atoms with Crippen molar-refractivity contribution >= 4 is 11.8 Å². The number of hydrogen-bond acceptors (Lipinski definition) is 3. The van der Waals surface area contributed by atoms with Crippen LogP contribution >= 0.6 is 11.8 Å². The summed E-state index contributed by atoms with van der Waals surface area (Å²) in [5.41, 5.74) is 0. The minimum absolute atomic E-state index is 0.418. The lowest BCUT2D eigenvalue weighted by Gasteiger charge is -2.15. The van der Waals surface area contributed by atoms with E-state index in [1.807, 2.05) is 11.8 Å². The maximum atomic E-state index is 5.50. The van der Waals surface area contributed by atoms with E-state index >= 15 is 0 Å². The maximum Gasteiger partial charge on any atom is 0.0700 e. The van der Waals surface area contributed by atoms with E-state index in [9.17, 15) is 0 Å². The molecular formula is C11H23NOS. The van der Waals surface area contributed by atoms with Crippen LogP contribution in [0.2, 0.25) is 0 Å². The molecule has 1 saturated heterocycles. The lowest BCUT2D eigenvalue weighted by atomic mass is 10.1. The van der Waals surface area contributed by atoms with Crippen LogP contribution in [0.1, 0.15) is 32.6 Å². The van der Waals surface area contributed by atoms with E-state index in [-0.39, 0.29) is 0 Å². The minimum Gasteiger partial charge on any atom is -0.377 e. The fourth-order valence-electron chi connectivity index (χ4n) is 1.84. The van der Waals surface area contributed by atoms with Crippen molar-refractivity contribution in [1.82, 2.24) is 5.32 Å². The first-order valence-electron chi connectivity index (χ1n) is 5.68. The zero-order valence-corrected chi connectivity index (χ0v) is 10.2. The van der Waals surface area contributed by atoms with Gasteiger partial charge in [-0.25, -0.2) is 0 Å². The van der Waals surface area contributed by atoms with Gasteiger partial charge in [0.25, 0.3) is 0 Å². The van der Waals surface area contributed by atoms with Crippen LogP contribution in [-0.2, 0) is 4.74 Å². The Labute approximate surface area is 92.2 Å². The number of thioether (sulfide) groups is 1. The van der Waals surface area contributed by atoms with Gasteiger partial charge in [-0.1, -0.05) is 6.42 Å². The molecule has 3 heteroatoms. The molecule has 0 aromatic heterocycles. The molecule has 0 aromatic carbocycles. The van der Waals surface area contributed by atoms with Gasteiger partial charge in [-0.05, 0) is 44.7 Å². The summed E-state index contributed by atoms with van der Waals surface area (Å²) in [6, 6.07) is 0.607. The number of ether oxygens (including phenoxy) is 1. The molecule has 1 fully saturated rings. The van der Waals surface area contributed by atoms with Gasteiger partial charge in [0.1, 0.15) is 0 Å². The third kappa shape index (κ3) is 4.67. The fraction of sp³-hybridized carbons (Fsp3) is 1.00. The molecule has 0 saturated carbocycles. The number of hydrogen-bond donors (Lipinski definition) is 1. The van der Waals surface area contributed by atoms with Crippen molar-refractivity contribution in [3.05, 3.63) is 0 Å². The molecule has 14 heavy (non-hydrogen) atoms. The zero-order chi connectivity index (χ0) is 10.2. The predicted octanol–water partition coefficient (Wildman–Crippen LogP) is 2.29. The Hall–Kier alpha value is 0.270. The molecular weight excluding hydrogens is 194 g/mol. The van der Waals surface area contributed by atoms with Crippen molar-refractivity contribution in [2.45, 2.75) is 44.8 Å². The van der Waals surface area contributed by atoms with Gasteiger partial charge in [0.2, 0.25) is 0 Å². The highest BCUT2D eigenvalue weighted by molar-refractivity contribution is 7.98. The Morgan fingerprint density at radius 1 is 1.36 bits per heavy atom. The Morgan fingerprint density at radius 2 is 2.21 bits per heavy atom. The van der Waals surface area contributed by atoms with Crippen LogP contribution in [0.3, 0.4) is 0 Å². The van der Waals surface area contributed by atoms with Gasteiger partial charge in [-0.2, -0.15) is 11.8 Å². The summed E-state index contributed by atoms with van der Waals surface area (Å²) in [6.45, 7) is 4.26. The lowest BCUT2D eigenvalue weighted by molar-refractivity contribution is 0.113. The smallest absolute Gasteiger partial charge is 0.0700 e. The molecule has 1 N–H and O–H groups in total. The van der Waals surface area contributed by atoms with Crippen molar-refractivity contribution in [2.75, 3.05) is 25.2 Å². The van der Waals surface area contributed by atoms with Crippen LogP contribution in [0.4, 0.5) is 0 Å². The Bertz CT molecular complexity index is 143. The summed E-state index contributed by atoms with van der Waals surface area (Å²) in [4.78, 5) is 0. The molecule has 1 aliphatic heterocycles. The lowest BCUT2D eigenvalue weighted by Crippen LogP contribution is -2.35. The highest BCUT2D eigenvalue weighted by Gasteiger charge is 2.22. The van der Waals surface area contributed by atoms with Crippen LogP contribution in [0.25, 0.3) is 0 Å². The highest BCUT2D eigenvalue weighted by atomic mass is 32.2. The highest BCUT2D eigenvalue weighted by Crippen LogP contribution is 2.12. The van der Waals surface area contributed by atoms with Crippen LogP contribution < -0.4 is 5.32 Å². The van der Waals surface area contributed by atoms with Crippen molar-refractivity contribution in [1.29, 1.82) is 0 Å². The van der Waals surface area contributed by atoms with E-state index in [4.69, 9.17) is 4.74 Å². The standard InChI is InChI=1S/C11H23NOS/c1-10-11(6-8-13-10)12-7-4-3-5-9-14-2/h10-12H,3-9H2,1-2H3. The fourth-order valence-corrected chi connectivity index (χ4v) is 2.33. The van der Waals surface area contributed by atoms with E-state index in [0.717, 1.165) is 13.2 Å². The summed E-state index contributed by atoms with van der Waals surface area (Å²) in [7, 11) is 0. The van der Waals surface area contributed by atoms with Crippen molar-refractivity contribution in [3.63, 3.8) is 0 Å². The molecule has 0 aromatic rings. The molecule has 0 radical (unpaired) electrons. The Morgan fingerprint density at radius 3 is 2.86 bits per heavy atom. The molecule has 0 spiro atoms. The van der Waals surface area contributed by atoms with E-state index in [1.165, 1.54) is 31.4 Å². The topological polar surface area (TPSA) is 21.3 Å². The van der Waals surface area contributed by atoms with Crippen LogP contribution in [0.5, 0.6) is 0 Å². The van der Waals surface area contributed by atoms with Crippen LogP contribution in [0, 0.1) is 0 Å². The van der Waals surface area contributed by atoms with E-state index < -0.39 is 0 Å². The maximum absolute atomic E-state index is 5.50. The molecule has 84 valence electrons. The van der Waals surface area contributed by atoms with Gasteiger partial charge in [-0.3, -0.25) is 0 Å². The molecule has 1 aliphatic rings. The molecule has 1 rings (SSSR count). The van der Waals surface area contributed by atoms with Gasteiger partial charge in [0.15, 0.2) is 0 Å². The van der Waals surface area contributed by atoms with Crippen LogP contribution in [-0.4, -0.2) is 37.3 Å². The second-order valence-electron chi connectivity index (χ2n) is 3.98.